The quantitative estimate of drug-likeness (QED) is 0.494. The fourth-order valence-corrected chi connectivity index (χ4v) is 3.16. The van der Waals surface area contributed by atoms with Crippen LogP contribution in [0.15, 0.2) is 59.7 Å². The first kappa shape index (κ1) is 19.2. The molecule has 0 saturated heterocycles. The van der Waals surface area contributed by atoms with Crippen LogP contribution in [0.4, 0.5) is 5.69 Å². The number of aromatic amines is 1. The van der Waals surface area contributed by atoms with Gasteiger partial charge in [0, 0.05) is 7.05 Å². The third-order valence-electron chi connectivity index (χ3n) is 4.81. The fraction of sp³-hybridized carbons (Fsp3) is 0.143. The highest BCUT2D eigenvalue weighted by atomic mass is 16.5. The molecule has 0 aliphatic carbocycles. The fourth-order valence-electron chi connectivity index (χ4n) is 3.16. The summed E-state index contributed by atoms with van der Waals surface area (Å²) in [6, 6.07) is 13.9. The standard InChI is InChI=1S/C21H19N5O4/c1-13-19(20(28)26(25(13)2)15-6-4-3-5-7-15)24-18(27)11-30-21(29)14-8-9-16-17(10-14)23-12-22-16/h3-10,12H,11H2,1-2H3,(H,22,23)(H,24,27). The topological polar surface area (TPSA) is 111 Å². The zero-order valence-corrected chi connectivity index (χ0v) is 16.4. The van der Waals surface area contributed by atoms with Crippen molar-refractivity contribution in [3.8, 4) is 5.69 Å². The number of H-pyrrole nitrogens is 1. The molecule has 4 rings (SSSR count). The Morgan fingerprint density at radius 1 is 1.17 bits per heavy atom. The predicted molar refractivity (Wildman–Crippen MR) is 111 cm³/mol. The largest absolute Gasteiger partial charge is 0.452 e. The summed E-state index contributed by atoms with van der Waals surface area (Å²) in [5.74, 6) is -1.25. The zero-order valence-electron chi connectivity index (χ0n) is 16.4. The van der Waals surface area contributed by atoms with E-state index in [0.29, 0.717) is 22.5 Å². The number of carbonyl (C=O) groups is 2. The van der Waals surface area contributed by atoms with Crippen molar-refractivity contribution < 1.29 is 14.3 Å². The van der Waals surface area contributed by atoms with E-state index in [1.54, 1.807) is 49.0 Å². The number of hydrogen-bond acceptors (Lipinski definition) is 5. The van der Waals surface area contributed by atoms with Gasteiger partial charge in [0.05, 0.1) is 34.3 Å². The molecule has 0 aliphatic heterocycles. The van der Waals surface area contributed by atoms with Crippen molar-refractivity contribution in [2.24, 2.45) is 7.05 Å². The Labute approximate surface area is 170 Å². The molecule has 0 aliphatic rings. The molecule has 0 fully saturated rings. The van der Waals surface area contributed by atoms with E-state index in [1.165, 1.54) is 11.0 Å². The van der Waals surface area contributed by atoms with Crippen molar-refractivity contribution in [3.63, 3.8) is 0 Å². The Morgan fingerprint density at radius 2 is 1.93 bits per heavy atom. The van der Waals surface area contributed by atoms with E-state index >= 15 is 0 Å². The number of hydrogen-bond donors (Lipinski definition) is 2. The van der Waals surface area contributed by atoms with E-state index in [0.717, 1.165) is 5.52 Å². The number of imidazole rings is 1. The number of amides is 1. The third-order valence-corrected chi connectivity index (χ3v) is 4.81. The van der Waals surface area contributed by atoms with E-state index in [9.17, 15) is 14.4 Å². The maximum Gasteiger partial charge on any atom is 0.338 e. The summed E-state index contributed by atoms with van der Waals surface area (Å²) in [6.07, 6.45) is 1.53. The molecule has 9 nitrogen and oxygen atoms in total. The van der Waals surface area contributed by atoms with Crippen LogP contribution in [-0.4, -0.2) is 37.8 Å². The van der Waals surface area contributed by atoms with Crippen LogP contribution in [0.2, 0.25) is 0 Å². The molecule has 0 spiro atoms. The van der Waals surface area contributed by atoms with Crippen LogP contribution in [0.5, 0.6) is 0 Å². The van der Waals surface area contributed by atoms with Crippen molar-refractivity contribution in [3.05, 3.63) is 76.5 Å². The SMILES string of the molecule is Cc1c(NC(=O)COC(=O)c2ccc3nc[nH]c3c2)c(=O)n(-c2ccccc2)n1C. The molecule has 0 unspecified atom stereocenters. The first-order valence-electron chi connectivity index (χ1n) is 9.20. The Bertz CT molecular complexity index is 1300. The molecule has 2 aromatic carbocycles. The molecule has 0 saturated carbocycles. The lowest BCUT2D eigenvalue weighted by atomic mass is 10.2. The highest BCUT2D eigenvalue weighted by Crippen LogP contribution is 2.15. The maximum absolute atomic E-state index is 12.8. The Hall–Kier alpha value is -4.14. The number of para-hydroxylation sites is 1. The number of rotatable bonds is 5. The Kier molecular flexibility index (Phi) is 4.93. The number of carbonyl (C=O) groups excluding carboxylic acids is 2. The van der Waals surface area contributed by atoms with Gasteiger partial charge in [-0.25, -0.2) is 14.5 Å². The predicted octanol–water partition coefficient (Wildman–Crippen LogP) is 2.16. The second-order valence-corrected chi connectivity index (χ2v) is 6.70. The van der Waals surface area contributed by atoms with Crippen molar-refractivity contribution in [1.82, 2.24) is 19.3 Å². The summed E-state index contributed by atoms with van der Waals surface area (Å²) in [4.78, 5) is 44.4. The maximum atomic E-state index is 12.8. The number of aromatic nitrogens is 4. The first-order chi connectivity index (χ1) is 14.5. The van der Waals surface area contributed by atoms with Gasteiger partial charge in [-0.1, -0.05) is 18.2 Å². The molecule has 9 heteroatoms. The van der Waals surface area contributed by atoms with Gasteiger partial charge in [0.15, 0.2) is 6.61 Å². The summed E-state index contributed by atoms with van der Waals surface area (Å²) in [6.45, 7) is 1.21. The van der Waals surface area contributed by atoms with Gasteiger partial charge in [-0.3, -0.25) is 14.3 Å². The van der Waals surface area contributed by atoms with E-state index in [-0.39, 0.29) is 11.2 Å². The van der Waals surface area contributed by atoms with Gasteiger partial charge >= 0.3 is 5.97 Å². The second kappa shape index (κ2) is 7.70. The van der Waals surface area contributed by atoms with Crippen molar-refractivity contribution in [2.45, 2.75) is 6.92 Å². The molecular weight excluding hydrogens is 386 g/mol. The highest BCUT2D eigenvalue weighted by Gasteiger charge is 2.19. The number of nitrogens with zero attached hydrogens (tertiary/aromatic N) is 3. The van der Waals surface area contributed by atoms with Gasteiger partial charge < -0.3 is 15.0 Å². The minimum absolute atomic E-state index is 0.140. The van der Waals surface area contributed by atoms with Gasteiger partial charge in [0.2, 0.25) is 0 Å². The minimum Gasteiger partial charge on any atom is -0.452 e. The van der Waals surface area contributed by atoms with Gasteiger partial charge in [-0.2, -0.15) is 0 Å². The summed E-state index contributed by atoms with van der Waals surface area (Å²) in [7, 11) is 1.73. The van der Waals surface area contributed by atoms with Gasteiger partial charge in [0.1, 0.15) is 5.69 Å². The second-order valence-electron chi connectivity index (χ2n) is 6.70. The zero-order chi connectivity index (χ0) is 21.3. The monoisotopic (exact) mass is 405 g/mol. The lowest BCUT2D eigenvalue weighted by Gasteiger charge is -2.07. The highest BCUT2D eigenvalue weighted by molar-refractivity contribution is 5.97. The Balaban J connectivity index is 1.46. The normalized spacial score (nSPS) is 10.9. The third kappa shape index (κ3) is 3.48. The van der Waals surface area contributed by atoms with Crippen LogP contribution in [0.1, 0.15) is 16.1 Å². The van der Waals surface area contributed by atoms with E-state index in [4.69, 9.17) is 4.74 Å². The number of ether oxygens (including phenoxy) is 1. The Morgan fingerprint density at radius 3 is 2.70 bits per heavy atom. The minimum atomic E-state index is -0.645. The van der Waals surface area contributed by atoms with Crippen LogP contribution < -0.4 is 10.9 Å². The molecule has 0 radical (unpaired) electrons. The molecule has 2 aromatic heterocycles. The van der Waals surface area contributed by atoms with Crippen LogP contribution >= 0.6 is 0 Å². The van der Waals surface area contributed by atoms with Gasteiger partial charge in [-0.15, -0.1) is 0 Å². The lowest BCUT2D eigenvalue weighted by molar-refractivity contribution is -0.119. The number of fused-ring (bicyclic) bond motifs is 1. The summed E-state index contributed by atoms with van der Waals surface area (Å²) in [5.41, 5.74) is 2.73. The molecule has 4 aromatic rings. The molecular formula is C21H19N5O4. The molecule has 0 bridgehead atoms. The molecule has 2 N–H and O–H groups in total. The van der Waals surface area contributed by atoms with E-state index in [2.05, 4.69) is 15.3 Å². The molecule has 0 atom stereocenters. The smallest absolute Gasteiger partial charge is 0.338 e. The van der Waals surface area contributed by atoms with E-state index < -0.39 is 18.5 Å². The van der Waals surface area contributed by atoms with Crippen LogP contribution in [-0.2, 0) is 16.6 Å². The number of anilines is 1. The van der Waals surface area contributed by atoms with Crippen LogP contribution in [0.3, 0.4) is 0 Å². The van der Waals surface area contributed by atoms with Crippen molar-refractivity contribution >= 4 is 28.6 Å². The van der Waals surface area contributed by atoms with Crippen molar-refractivity contribution in [1.29, 1.82) is 0 Å². The summed E-state index contributed by atoms with van der Waals surface area (Å²) >= 11 is 0. The molecule has 152 valence electrons. The molecule has 30 heavy (non-hydrogen) atoms. The van der Waals surface area contributed by atoms with Gasteiger partial charge in [-0.05, 0) is 37.3 Å². The lowest BCUT2D eigenvalue weighted by Crippen LogP contribution is -2.25. The average Bonchev–Trinajstić information content (AvgIpc) is 3.31. The first-order valence-corrected chi connectivity index (χ1v) is 9.20. The number of nitrogens with one attached hydrogen (secondary N) is 2. The van der Waals surface area contributed by atoms with Gasteiger partial charge in [0.25, 0.3) is 11.5 Å². The molecule has 2 heterocycles. The van der Waals surface area contributed by atoms with E-state index in [1.807, 2.05) is 18.2 Å². The van der Waals surface area contributed by atoms with Crippen molar-refractivity contribution in [2.75, 3.05) is 11.9 Å². The summed E-state index contributed by atoms with van der Waals surface area (Å²) in [5, 5.41) is 2.56. The number of benzene rings is 2. The molecule has 1 amide bonds. The van der Waals surface area contributed by atoms with Crippen LogP contribution in [0, 0.1) is 6.92 Å². The number of esters is 1. The summed E-state index contributed by atoms with van der Waals surface area (Å²) < 4.78 is 8.19. The van der Waals surface area contributed by atoms with Crippen LogP contribution in [0.25, 0.3) is 16.7 Å². The average molecular weight is 405 g/mol.